The first kappa shape index (κ1) is 17.3. The third-order valence-corrected chi connectivity index (χ3v) is 4.09. The van der Waals surface area contributed by atoms with E-state index >= 15 is 0 Å². The average molecular weight is 336 g/mol. The van der Waals surface area contributed by atoms with Crippen LogP contribution in [0.2, 0.25) is 0 Å². The number of aromatic nitrogens is 3. The number of rotatable bonds is 6. The third-order valence-electron chi connectivity index (χ3n) is 4.09. The minimum Gasteiger partial charge on any atom is -0.369 e. The van der Waals surface area contributed by atoms with Crippen molar-refractivity contribution in [2.45, 2.75) is 13.8 Å². The molecule has 0 bridgehead atoms. The third kappa shape index (κ3) is 4.31. The highest BCUT2D eigenvalue weighted by Crippen LogP contribution is 2.25. The van der Waals surface area contributed by atoms with Crippen molar-refractivity contribution in [2.24, 2.45) is 5.41 Å². The zero-order chi connectivity index (χ0) is 17.9. The van der Waals surface area contributed by atoms with Crippen molar-refractivity contribution in [3.63, 3.8) is 0 Å². The van der Waals surface area contributed by atoms with Crippen LogP contribution in [-0.2, 0) is 0 Å². The molecule has 0 aliphatic heterocycles. The molecular weight excluding hydrogens is 310 g/mol. The first-order valence-electron chi connectivity index (χ1n) is 8.65. The number of benzene rings is 1. The van der Waals surface area contributed by atoms with E-state index in [0.29, 0.717) is 5.82 Å². The van der Waals surface area contributed by atoms with E-state index in [1.165, 1.54) is 4.90 Å². The van der Waals surface area contributed by atoms with Gasteiger partial charge in [0, 0.05) is 35.3 Å². The second-order valence-electron chi connectivity index (χ2n) is 7.56. The molecule has 2 aromatic heterocycles. The molecule has 5 nitrogen and oxygen atoms in total. The van der Waals surface area contributed by atoms with Crippen molar-refractivity contribution in [3.05, 3.63) is 48.8 Å². The highest BCUT2D eigenvalue weighted by molar-refractivity contribution is 5.90. The van der Waals surface area contributed by atoms with Gasteiger partial charge in [-0.25, -0.2) is 9.97 Å². The molecule has 0 saturated heterocycles. The summed E-state index contributed by atoms with van der Waals surface area (Å²) in [4.78, 5) is 15.1. The average Bonchev–Trinajstić information content (AvgIpc) is 2.59. The van der Waals surface area contributed by atoms with Gasteiger partial charge in [0.15, 0.2) is 5.82 Å². The topological polar surface area (TPSA) is 55.1 Å². The number of hydrogen-bond donors (Lipinski definition) is 2. The summed E-state index contributed by atoms with van der Waals surface area (Å²) in [6.07, 6.45) is 3.56. The largest absolute Gasteiger partial charge is 0.369 e. The van der Waals surface area contributed by atoms with E-state index in [0.717, 1.165) is 35.4 Å². The molecule has 1 aromatic carbocycles. The Bertz CT molecular complexity index is 843. The first-order valence-corrected chi connectivity index (χ1v) is 8.65. The number of para-hydroxylation sites is 1. The number of anilines is 1. The van der Waals surface area contributed by atoms with Crippen LogP contribution in [0.15, 0.2) is 48.8 Å². The monoisotopic (exact) mass is 336 g/mol. The van der Waals surface area contributed by atoms with Crippen molar-refractivity contribution in [3.8, 4) is 11.4 Å². The van der Waals surface area contributed by atoms with Crippen LogP contribution in [0.3, 0.4) is 0 Å². The molecule has 3 rings (SSSR count). The van der Waals surface area contributed by atoms with Gasteiger partial charge in [0.2, 0.25) is 0 Å². The summed E-state index contributed by atoms with van der Waals surface area (Å²) >= 11 is 0. The van der Waals surface area contributed by atoms with E-state index in [9.17, 15) is 0 Å². The zero-order valence-corrected chi connectivity index (χ0v) is 15.4. The van der Waals surface area contributed by atoms with Gasteiger partial charge in [-0.1, -0.05) is 26.0 Å². The van der Waals surface area contributed by atoms with E-state index in [4.69, 9.17) is 9.97 Å². The molecule has 0 radical (unpaired) electrons. The van der Waals surface area contributed by atoms with Crippen molar-refractivity contribution >= 4 is 16.7 Å². The van der Waals surface area contributed by atoms with Gasteiger partial charge in [-0.2, -0.15) is 0 Å². The predicted octanol–water partition coefficient (Wildman–Crippen LogP) is 2.27. The molecule has 0 atom stereocenters. The molecule has 5 heteroatoms. The van der Waals surface area contributed by atoms with E-state index in [2.05, 4.69) is 44.3 Å². The van der Waals surface area contributed by atoms with Gasteiger partial charge in [0.1, 0.15) is 5.82 Å². The van der Waals surface area contributed by atoms with Gasteiger partial charge < -0.3 is 10.2 Å². The summed E-state index contributed by atoms with van der Waals surface area (Å²) in [6, 6.07) is 12.0. The molecule has 0 aliphatic carbocycles. The van der Waals surface area contributed by atoms with Gasteiger partial charge in [0.05, 0.1) is 26.2 Å². The van der Waals surface area contributed by atoms with Crippen LogP contribution in [-0.4, -0.2) is 42.1 Å². The maximum absolute atomic E-state index is 4.78. The Hall–Kier alpha value is -2.53. The van der Waals surface area contributed by atoms with Crippen molar-refractivity contribution in [1.29, 1.82) is 0 Å². The van der Waals surface area contributed by atoms with Crippen molar-refractivity contribution < 1.29 is 4.90 Å². The van der Waals surface area contributed by atoms with Crippen LogP contribution >= 0.6 is 0 Å². The highest BCUT2D eigenvalue weighted by Gasteiger charge is 2.22. The number of pyridine rings is 1. The second-order valence-corrected chi connectivity index (χ2v) is 7.56. The summed E-state index contributed by atoms with van der Waals surface area (Å²) in [7, 11) is 4.37. The molecule has 2 heterocycles. The fraction of sp³-hybridized carbons (Fsp3) is 0.350. The lowest BCUT2D eigenvalue weighted by molar-refractivity contribution is -0.865. The fourth-order valence-electron chi connectivity index (χ4n) is 3.18. The molecule has 0 aliphatic rings. The summed E-state index contributed by atoms with van der Waals surface area (Å²) in [5, 5.41) is 4.60. The summed E-state index contributed by atoms with van der Waals surface area (Å²) in [5.74, 6) is 1.58. The Balaban J connectivity index is 1.96. The van der Waals surface area contributed by atoms with Gasteiger partial charge >= 0.3 is 0 Å². The van der Waals surface area contributed by atoms with Crippen molar-refractivity contribution in [1.82, 2.24) is 15.0 Å². The lowest BCUT2D eigenvalue weighted by Crippen LogP contribution is -3.07. The van der Waals surface area contributed by atoms with E-state index in [1.54, 1.807) is 12.4 Å². The Kier molecular flexibility index (Phi) is 4.95. The maximum atomic E-state index is 4.78. The Morgan fingerprint density at radius 3 is 2.56 bits per heavy atom. The number of hydrogen-bond acceptors (Lipinski definition) is 4. The fourth-order valence-corrected chi connectivity index (χ4v) is 3.18. The van der Waals surface area contributed by atoms with E-state index < -0.39 is 0 Å². The van der Waals surface area contributed by atoms with Gasteiger partial charge in [-0.3, -0.25) is 4.98 Å². The van der Waals surface area contributed by atoms with Crippen molar-refractivity contribution in [2.75, 3.05) is 32.5 Å². The van der Waals surface area contributed by atoms with E-state index in [1.807, 2.05) is 30.3 Å². The van der Waals surface area contributed by atoms with Gasteiger partial charge in [0.25, 0.3) is 0 Å². The standard InChI is InChI=1S/C20H25N5/c1-20(2,14-25(3)4)13-22-19-16-9-5-6-10-17(16)23-18(24-19)15-8-7-11-21-12-15/h5-12H,13-14H2,1-4H3,(H,22,23,24)/p+1. The number of nitrogens with zero attached hydrogens (tertiary/aromatic N) is 3. The lowest BCUT2D eigenvalue weighted by Gasteiger charge is -2.26. The molecule has 3 aromatic rings. The molecule has 0 spiro atoms. The van der Waals surface area contributed by atoms with Crippen LogP contribution in [0, 0.1) is 5.41 Å². The van der Waals surface area contributed by atoms with Crippen LogP contribution in [0.25, 0.3) is 22.3 Å². The molecule has 0 fully saturated rings. The molecule has 0 unspecified atom stereocenters. The molecule has 130 valence electrons. The quantitative estimate of drug-likeness (QED) is 0.725. The summed E-state index contributed by atoms with van der Waals surface area (Å²) < 4.78 is 0. The SMILES string of the molecule is C[NH+](C)CC(C)(C)CNc1nc(-c2cccnc2)nc2ccccc12. The van der Waals surface area contributed by atoms with E-state index in [-0.39, 0.29) is 5.41 Å². The zero-order valence-electron chi connectivity index (χ0n) is 15.4. The first-order chi connectivity index (χ1) is 11.9. The van der Waals surface area contributed by atoms with Crippen LogP contribution < -0.4 is 10.2 Å². The Morgan fingerprint density at radius 2 is 1.84 bits per heavy atom. The predicted molar refractivity (Wildman–Crippen MR) is 103 cm³/mol. The minimum absolute atomic E-state index is 0.166. The number of fused-ring (bicyclic) bond motifs is 1. The second kappa shape index (κ2) is 7.15. The summed E-state index contributed by atoms with van der Waals surface area (Å²) in [5.41, 5.74) is 2.03. The molecule has 0 saturated carbocycles. The van der Waals surface area contributed by atoms with Crippen LogP contribution in [0.1, 0.15) is 13.8 Å². The molecule has 0 amide bonds. The smallest absolute Gasteiger partial charge is 0.163 e. The Labute approximate surface area is 149 Å². The Morgan fingerprint density at radius 1 is 1.04 bits per heavy atom. The lowest BCUT2D eigenvalue weighted by atomic mass is 9.93. The maximum Gasteiger partial charge on any atom is 0.163 e. The molecular formula is C20H26N5+. The van der Waals surface area contributed by atoms with Crippen LogP contribution in [0.5, 0.6) is 0 Å². The van der Waals surface area contributed by atoms with Gasteiger partial charge in [-0.15, -0.1) is 0 Å². The van der Waals surface area contributed by atoms with Crippen LogP contribution in [0.4, 0.5) is 5.82 Å². The highest BCUT2D eigenvalue weighted by atomic mass is 15.1. The minimum atomic E-state index is 0.166. The molecule has 25 heavy (non-hydrogen) atoms. The molecule has 2 N–H and O–H groups in total. The van der Waals surface area contributed by atoms with Gasteiger partial charge in [-0.05, 0) is 24.3 Å². The number of nitrogens with one attached hydrogen (secondary N) is 2. The summed E-state index contributed by atoms with van der Waals surface area (Å²) in [6.45, 7) is 6.49. The number of quaternary nitrogens is 1. The normalized spacial score (nSPS) is 11.9.